The molecule has 1 aromatic heterocycles. The Morgan fingerprint density at radius 1 is 1.56 bits per heavy atom. The van der Waals surface area contributed by atoms with E-state index < -0.39 is 30.4 Å². The Kier molecular flexibility index (Phi) is 3.69. The molecule has 1 aliphatic rings. The van der Waals surface area contributed by atoms with E-state index in [2.05, 4.69) is 26.2 Å². The van der Waals surface area contributed by atoms with Crippen molar-refractivity contribution in [1.29, 1.82) is 0 Å². The van der Waals surface area contributed by atoms with Gasteiger partial charge in [-0.3, -0.25) is 9.88 Å². The number of nitrogens with one attached hydrogen (secondary N) is 1. The van der Waals surface area contributed by atoms with E-state index in [-0.39, 0.29) is 5.82 Å². The number of aromatic nitrogens is 2. The van der Waals surface area contributed by atoms with E-state index in [9.17, 15) is 15.0 Å². The first-order valence-corrected chi connectivity index (χ1v) is 5.98. The summed E-state index contributed by atoms with van der Waals surface area (Å²) in [6.45, 7) is 0. The van der Waals surface area contributed by atoms with Crippen LogP contribution in [0, 0.1) is 0 Å². The molecule has 18 heavy (non-hydrogen) atoms. The monoisotopic (exact) mass is 320 g/mol. The van der Waals surface area contributed by atoms with Crippen LogP contribution >= 0.6 is 15.9 Å². The van der Waals surface area contributed by atoms with Crippen molar-refractivity contribution in [2.45, 2.75) is 24.7 Å². The molecule has 0 spiro atoms. The lowest BCUT2D eigenvalue weighted by atomic mass is 10.2. The van der Waals surface area contributed by atoms with Crippen molar-refractivity contribution in [3.8, 4) is 0 Å². The molecule has 1 fully saturated rings. The molecule has 1 saturated heterocycles. The van der Waals surface area contributed by atoms with E-state index in [1.165, 1.54) is 6.20 Å². The number of ether oxygens (including phenoxy) is 1. The maximum Gasteiger partial charge on any atom is 0.351 e. The van der Waals surface area contributed by atoms with Crippen molar-refractivity contribution >= 4 is 21.7 Å². The van der Waals surface area contributed by atoms with E-state index in [0.717, 1.165) is 4.57 Å². The summed E-state index contributed by atoms with van der Waals surface area (Å²) in [5.74, 6) is 0.0504. The molecule has 0 aliphatic carbocycles. The molecule has 2 rings (SSSR count). The van der Waals surface area contributed by atoms with Gasteiger partial charge in [-0.2, -0.15) is 4.98 Å². The normalized spacial score (nSPS) is 31.8. The predicted octanol–water partition coefficient (Wildman–Crippen LogP) is -1.62. The molecule has 0 radical (unpaired) electrons. The minimum atomic E-state index is -1.24. The highest BCUT2D eigenvalue weighted by atomic mass is 79.9. The van der Waals surface area contributed by atoms with Crippen molar-refractivity contribution in [3.05, 3.63) is 21.2 Å². The fourth-order valence-electron chi connectivity index (χ4n) is 1.77. The number of halogens is 1. The zero-order valence-electron chi connectivity index (χ0n) is 9.45. The second-order valence-corrected chi connectivity index (χ2v) is 4.74. The Morgan fingerprint density at radius 3 is 2.78 bits per heavy atom. The molecule has 0 saturated carbocycles. The third kappa shape index (κ3) is 2.15. The minimum absolute atomic E-state index is 0.0504. The summed E-state index contributed by atoms with van der Waals surface area (Å²) >= 11 is 3.13. The number of likely N-dealkylation sites (N-methyl/N-ethyl adjacent to an activating group) is 1. The maximum absolute atomic E-state index is 11.7. The van der Waals surface area contributed by atoms with Crippen molar-refractivity contribution in [2.24, 2.45) is 0 Å². The average Bonchev–Trinajstić information content (AvgIpc) is 2.61. The number of hydrogen-bond acceptors (Lipinski definition) is 7. The van der Waals surface area contributed by atoms with Crippen LogP contribution in [0.25, 0.3) is 0 Å². The van der Waals surface area contributed by atoms with E-state index in [0.29, 0.717) is 4.47 Å². The number of nitrogens with zero attached hydrogens (tertiary/aromatic N) is 2. The van der Waals surface area contributed by atoms with Gasteiger partial charge in [0.2, 0.25) is 0 Å². The zero-order valence-corrected chi connectivity index (χ0v) is 11.0. The summed E-state index contributed by atoms with van der Waals surface area (Å²) in [6, 6.07) is 0. The highest BCUT2D eigenvalue weighted by molar-refractivity contribution is 9.10. The Morgan fingerprint density at radius 2 is 2.22 bits per heavy atom. The van der Waals surface area contributed by atoms with Gasteiger partial charge in [-0.25, -0.2) is 4.79 Å². The third-order valence-corrected chi connectivity index (χ3v) is 3.34. The second-order valence-electron chi connectivity index (χ2n) is 3.88. The summed E-state index contributed by atoms with van der Waals surface area (Å²) in [5.41, 5.74) is 4.80. The molecular formula is C9H13BrN4O4. The van der Waals surface area contributed by atoms with Crippen LogP contribution in [0.15, 0.2) is 15.5 Å². The lowest BCUT2D eigenvalue weighted by molar-refractivity contribution is -0.0475. The Balaban J connectivity index is 2.39. The maximum atomic E-state index is 11.7. The standard InChI is InChI=1S/C9H13BrN4O4/c1-12-7-4(15)5(16)8(18-7)14-2-3(10)6(11)13-9(14)17/h2,4-5,7-8,12,15-16H,1H3,(H2,11,13,17). The fraction of sp³-hybridized carbons (Fsp3) is 0.556. The van der Waals surface area contributed by atoms with Gasteiger partial charge in [-0.15, -0.1) is 0 Å². The van der Waals surface area contributed by atoms with Gasteiger partial charge >= 0.3 is 5.69 Å². The van der Waals surface area contributed by atoms with Crippen LogP contribution in [0.3, 0.4) is 0 Å². The summed E-state index contributed by atoms with van der Waals surface area (Å²) < 4.78 is 6.83. The second kappa shape index (κ2) is 4.94. The Bertz CT molecular complexity index is 508. The molecule has 5 N–H and O–H groups in total. The molecule has 0 bridgehead atoms. The van der Waals surface area contributed by atoms with Crippen LogP contribution in [0.1, 0.15) is 6.23 Å². The molecule has 8 nitrogen and oxygen atoms in total. The third-order valence-electron chi connectivity index (χ3n) is 2.73. The van der Waals surface area contributed by atoms with E-state index in [1.807, 2.05) is 0 Å². The van der Waals surface area contributed by atoms with Crippen molar-refractivity contribution in [2.75, 3.05) is 12.8 Å². The summed E-state index contributed by atoms with van der Waals surface area (Å²) in [7, 11) is 1.57. The first-order valence-electron chi connectivity index (χ1n) is 5.18. The first kappa shape index (κ1) is 13.4. The molecule has 4 atom stereocenters. The topological polar surface area (TPSA) is 123 Å². The number of nitrogens with two attached hydrogens (primary N) is 1. The van der Waals surface area contributed by atoms with Gasteiger partial charge in [0, 0.05) is 6.20 Å². The predicted molar refractivity (Wildman–Crippen MR) is 65.6 cm³/mol. The summed E-state index contributed by atoms with van der Waals surface area (Å²) in [6.07, 6.45) is -2.79. The average molecular weight is 321 g/mol. The van der Waals surface area contributed by atoms with Crippen LogP contribution in [-0.2, 0) is 4.74 Å². The SMILES string of the molecule is CNC1OC(n2cc(Br)c(N)nc2=O)C(O)C1O. The molecule has 100 valence electrons. The Hall–Kier alpha value is -1.00. The molecule has 0 amide bonds. The number of rotatable bonds is 2. The number of hydrogen-bond donors (Lipinski definition) is 4. The van der Waals surface area contributed by atoms with Crippen LogP contribution in [-0.4, -0.2) is 45.2 Å². The van der Waals surface area contributed by atoms with Gasteiger partial charge < -0.3 is 20.7 Å². The molecule has 2 heterocycles. The van der Waals surface area contributed by atoms with Gasteiger partial charge in [-0.1, -0.05) is 0 Å². The molecule has 1 aromatic rings. The minimum Gasteiger partial charge on any atom is -0.386 e. The molecule has 0 aromatic carbocycles. The van der Waals surface area contributed by atoms with Gasteiger partial charge in [0.1, 0.15) is 24.3 Å². The molecule has 1 aliphatic heterocycles. The smallest absolute Gasteiger partial charge is 0.351 e. The summed E-state index contributed by atoms with van der Waals surface area (Å²) in [5, 5.41) is 22.2. The van der Waals surface area contributed by atoms with Crippen LogP contribution < -0.4 is 16.7 Å². The molecule has 4 unspecified atom stereocenters. The highest BCUT2D eigenvalue weighted by Crippen LogP contribution is 2.28. The first-order chi connectivity index (χ1) is 8.45. The molecule has 9 heteroatoms. The van der Waals surface area contributed by atoms with Crippen molar-refractivity contribution in [3.63, 3.8) is 0 Å². The van der Waals surface area contributed by atoms with Gasteiger partial charge in [0.25, 0.3) is 0 Å². The Labute approximate surface area is 111 Å². The number of anilines is 1. The van der Waals surface area contributed by atoms with Crippen molar-refractivity contribution < 1.29 is 14.9 Å². The van der Waals surface area contributed by atoms with Gasteiger partial charge in [0.05, 0.1) is 4.47 Å². The van der Waals surface area contributed by atoms with Crippen LogP contribution in [0.2, 0.25) is 0 Å². The number of aliphatic hydroxyl groups excluding tert-OH is 2. The van der Waals surface area contributed by atoms with Gasteiger partial charge in [0.15, 0.2) is 6.23 Å². The van der Waals surface area contributed by atoms with E-state index in [1.54, 1.807) is 7.05 Å². The number of nitrogen functional groups attached to an aromatic ring is 1. The number of aliphatic hydroxyl groups is 2. The fourth-order valence-corrected chi connectivity index (χ4v) is 2.08. The van der Waals surface area contributed by atoms with E-state index in [4.69, 9.17) is 10.5 Å². The zero-order chi connectivity index (χ0) is 13.4. The van der Waals surface area contributed by atoms with E-state index >= 15 is 0 Å². The van der Waals surface area contributed by atoms with Crippen molar-refractivity contribution in [1.82, 2.24) is 14.9 Å². The lowest BCUT2D eigenvalue weighted by Crippen LogP contribution is -2.39. The summed E-state index contributed by atoms with van der Waals surface area (Å²) in [4.78, 5) is 15.3. The quantitative estimate of drug-likeness (QED) is 0.516. The highest BCUT2D eigenvalue weighted by Gasteiger charge is 2.43. The van der Waals surface area contributed by atoms with Crippen LogP contribution in [0.4, 0.5) is 5.82 Å². The largest absolute Gasteiger partial charge is 0.386 e. The van der Waals surface area contributed by atoms with Crippen LogP contribution in [0.5, 0.6) is 0 Å². The van der Waals surface area contributed by atoms with Gasteiger partial charge in [-0.05, 0) is 23.0 Å². The molecular weight excluding hydrogens is 308 g/mol. The lowest BCUT2D eigenvalue weighted by Gasteiger charge is -2.17.